The maximum atomic E-state index is 12.0. The van der Waals surface area contributed by atoms with Crippen LogP contribution in [0.25, 0.3) is 0 Å². The van der Waals surface area contributed by atoms with Crippen molar-refractivity contribution in [1.29, 1.82) is 0 Å². The predicted octanol–water partition coefficient (Wildman–Crippen LogP) is 2.16. The highest BCUT2D eigenvalue weighted by Gasteiger charge is 2.20. The van der Waals surface area contributed by atoms with Crippen LogP contribution in [0.2, 0.25) is 0 Å². The molecule has 0 radical (unpaired) electrons. The summed E-state index contributed by atoms with van der Waals surface area (Å²) in [5, 5.41) is 1.11. The Labute approximate surface area is 93.6 Å². The predicted molar refractivity (Wildman–Crippen MR) is 63.1 cm³/mol. The standard InChI is InChI=1S/C11H14N2OS/c1-13-9(5-6-10(13)15-2)11(14)8-4-3-7-12-8/h5-6H,3-4,7H2,1-2H3. The van der Waals surface area contributed by atoms with Crippen LogP contribution in [0.1, 0.15) is 23.3 Å². The molecule has 1 aromatic rings. The van der Waals surface area contributed by atoms with Crippen LogP contribution in [-0.2, 0) is 7.05 Å². The zero-order valence-electron chi connectivity index (χ0n) is 8.99. The van der Waals surface area contributed by atoms with Gasteiger partial charge in [-0.15, -0.1) is 11.8 Å². The van der Waals surface area contributed by atoms with Crippen molar-refractivity contribution in [3.05, 3.63) is 17.8 Å². The third kappa shape index (κ3) is 1.86. The number of nitrogens with zero attached hydrogens (tertiary/aromatic N) is 2. The summed E-state index contributed by atoms with van der Waals surface area (Å²) >= 11 is 1.65. The molecule has 1 aromatic heterocycles. The van der Waals surface area contributed by atoms with Crippen molar-refractivity contribution in [2.45, 2.75) is 17.9 Å². The van der Waals surface area contributed by atoms with Crippen molar-refractivity contribution in [1.82, 2.24) is 4.57 Å². The number of hydrogen-bond acceptors (Lipinski definition) is 3. The van der Waals surface area contributed by atoms with E-state index in [2.05, 4.69) is 4.99 Å². The van der Waals surface area contributed by atoms with E-state index < -0.39 is 0 Å². The summed E-state index contributed by atoms with van der Waals surface area (Å²) in [6.07, 6.45) is 3.86. The number of Topliss-reactive ketones (excluding diaryl/α,β-unsaturated/α-hetero) is 1. The maximum Gasteiger partial charge on any atom is 0.223 e. The number of carbonyl (C=O) groups excluding carboxylic acids is 1. The molecular weight excluding hydrogens is 208 g/mol. The van der Waals surface area contributed by atoms with Gasteiger partial charge in [0.25, 0.3) is 0 Å². The minimum atomic E-state index is 0.0929. The molecule has 0 unspecified atom stereocenters. The zero-order chi connectivity index (χ0) is 10.8. The van der Waals surface area contributed by atoms with E-state index in [4.69, 9.17) is 0 Å². The van der Waals surface area contributed by atoms with Crippen LogP contribution in [0.3, 0.4) is 0 Å². The van der Waals surface area contributed by atoms with Gasteiger partial charge in [-0.1, -0.05) is 0 Å². The van der Waals surface area contributed by atoms with Gasteiger partial charge in [0.05, 0.1) is 16.4 Å². The molecule has 0 spiro atoms. The molecule has 2 rings (SSSR count). The first kappa shape index (κ1) is 10.5. The summed E-state index contributed by atoms with van der Waals surface area (Å²) in [6, 6.07) is 3.86. The number of aliphatic imine (C=N–C) groups is 1. The molecule has 15 heavy (non-hydrogen) atoms. The van der Waals surface area contributed by atoms with Crippen molar-refractivity contribution in [2.75, 3.05) is 12.8 Å². The van der Waals surface area contributed by atoms with Crippen LogP contribution in [-0.4, -0.2) is 28.9 Å². The first-order chi connectivity index (χ1) is 7.24. The van der Waals surface area contributed by atoms with Gasteiger partial charge >= 0.3 is 0 Å². The summed E-state index contributed by atoms with van der Waals surface area (Å²) in [6.45, 7) is 0.806. The van der Waals surface area contributed by atoms with Crippen LogP contribution < -0.4 is 0 Å². The average Bonchev–Trinajstić information content (AvgIpc) is 2.85. The van der Waals surface area contributed by atoms with E-state index in [1.54, 1.807) is 11.8 Å². The molecule has 0 aliphatic carbocycles. The van der Waals surface area contributed by atoms with Crippen LogP contribution in [0, 0.1) is 0 Å². The highest BCUT2D eigenvalue weighted by atomic mass is 32.2. The fraction of sp³-hybridized carbons (Fsp3) is 0.455. The fourth-order valence-electron chi connectivity index (χ4n) is 1.80. The van der Waals surface area contributed by atoms with Crippen LogP contribution in [0.4, 0.5) is 0 Å². The third-order valence-corrected chi connectivity index (χ3v) is 3.48. The lowest BCUT2D eigenvalue weighted by atomic mass is 10.1. The molecule has 80 valence electrons. The van der Waals surface area contributed by atoms with Crippen molar-refractivity contribution >= 4 is 23.3 Å². The van der Waals surface area contributed by atoms with E-state index in [1.165, 1.54) is 0 Å². The second-order valence-corrected chi connectivity index (χ2v) is 4.41. The minimum Gasteiger partial charge on any atom is -0.336 e. The summed E-state index contributed by atoms with van der Waals surface area (Å²) in [4.78, 5) is 16.3. The number of aromatic nitrogens is 1. The Hall–Kier alpha value is -1.03. The second kappa shape index (κ2) is 4.23. The number of rotatable bonds is 3. The van der Waals surface area contributed by atoms with Crippen molar-refractivity contribution < 1.29 is 4.79 Å². The molecule has 3 nitrogen and oxygen atoms in total. The molecule has 0 atom stereocenters. The number of ketones is 1. The molecule has 0 amide bonds. The minimum absolute atomic E-state index is 0.0929. The molecule has 0 aromatic carbocycles. The Morgan fingerprint density at radius 1 is 1.53 bits per heavy atom. The van der Waals surface area contributed by atoms with Gasteiger partial charge in [0.15, 0.2) is 0 Å². The summed E-state index contributed by atoms with van der Waals surface area (Å²) < 4.78 is 1.94. The van der Waals surface area contributed by atoms with Crippen molar-refractivity contribution in [3.8, 4) is 0 Å². The van der Waals surface area contributed by atoms with Gasteiger partial charge < -0.3 is 4.57 Å². The van der Waals surface area contributed by atoms with Gasteiger partial charge in [0.2, 0.25) is 5.78 Å². The molecular formula is C11H14N2OS. The molecule has 0 N–H and O–H groups in total. The molecule has 4 heteroatoms. The van der Waals surface area contributed by atoms with Crippen molar-refractivity contribution in [3.63, 3.8) is 0 Å². The van der Waals surface area contributed by atoms with Gasteiger partial charge in [-0.05, 0) is 31.2 Å². The zero-order valence-corrected chi connectivity index (χ0v) is 9.80. The average molecular weight is 222 g/mol. The van der Waals surface area contributed by atoms with Gasteiger partial charge in [-0.3, -0.25) is 9.79 Å². The smallest absolute Gasteiger partial charge is 0.223 e. The second-order valence-electron chi connectivity index (χ2n) is 3.58. The number of thioether (sulfide) groups is 1. The highest BCUT2D eigenvalue weighted by molar-refractivity contribution is 7.98. The lowest BCUT2D eigenvalue weighted by Crippen LogP contribution is -2.15. The van der Waals surface area contributed by atoms with E-state index in [1.807, 2.05) is 30.0 Å². The Morgan fingerprint density at radius 2 is 2.33 bits per heavy atom. The number of carbonyl (C=O) groups is 1. The largest absolute Gasteiger partial charge is 0.336 e. The summed E-state index contributed by atoms with van der Waals surface area (Å²) in [5.41, 5.74) is 1.49. The molecule has 1 aliphatic rings. The highest BCUT2D eigenvalue weighted by Crippen LogP contribution is 2.19. The topological polar surface area (TPSA) is 34.4 Å². The SMILES string of the molecule is CSc1ccc(C(=O)C2=NCCC2)n1C. The number of hydrogen-bond donors (Lipinski definition) is 0. The monoisotopic (exact) mass is 222 g/mol. The van der Waals surface area contributed by atoms with E-state index >= 15 is 0 Å². The Balaban J connectivity index is 2.29. The lowest BCUT2D eigenvalue weighted by Gasteiger charge is -2.04. The van der Waals surface area contributed by atoms with Crippen LogP contribution >= 0.6 is 11.8 Å². The van der Waals surface area contributed by atoms with Gasteiger partial charge in [0.1, 0.15) is 0 Å². The summed E-state index contributed by atoms with van der Waals surface area (Å²) in [5.74, 6) is 0.0929. The Morgan fingerprint density at radius 3 is 2.87 bits per heavy atom. The van der Waals surface area contributed by atoms with Gasteiger partial charge in [-0.25, -0.2) is 0 Å². The van der Waals surface area contributed by atoms with Gasteiger partial charge in [-0.2, -0.15) is 0 Å². The molecule has 0 bridgehead atoms. The fourth-order valence-corrected chi connectivity index (χ4v) is 2.37. The van der Waals surface area contributed by atoms with E-state index in [9.17, 15) is 4.79 Å². The Bertz CT molecular complexity index is 420. The maximum absolute atomic E-state index is 12.0. The third-order valence-electron chi connectivity index (χ3n) is 2.65. The van der Waals surface area contributed by atoms with Crippen molar-refractivity contribution in [2.24, 2.45) is 12.0 Å². The molecule has 0 saturated carbocycles. The quantitative estimate of drug-likeness (QED) is 0.580. The van der Waals surface area contributed by atoms with Crippen LogP contribution in [0.15, 0.2) is 22.2 Å². The summed E-state index contributed by atoms with van der Waals surface area (Å²) in [7, 11) is 1.93. The molecule has 1 aliphatic heterocycles. The van der Waals surface area contributed by atoms with E-state index in [-0.39, 0.29) is 5.78 Å². The van der Waals surface area contributed by atoms with E-state index in [0.717, 1.165) is 35.8 Å². The van der Waals surface area contributed by atoms with Crippen LogP contribution in [0.5, 0.6) is 0 Å². The normalized spacial score (nSPS) is 15.5. The molecule has 2 heterocycles. The first-order valence-corrected chi connectivity index (χ1v) is 6.24. The van der Waals surface area contributed by atoms with E-state index in [0.29, 0.717) is 0 Å². The first-order valence-electron chi connectivity index (χ1n) is 5.01. The lowest BCUT2D eigenvalue weighted by molar-refractivity contribution is 0.105. The Kier molecular flexibility index (Phi) is 2.95. The van der Waals surface area contributed by atoms with Gasteiger partial charge in [0, 0.05) is 13.6 Å². The molecule has 0 fully saturated rings. The molecule has 0 saturated heterocycles.